The molecule has 0 saturated carbocycles. The molecule has 0 spiro atoms. The number of carbonyl (C=O) groups is 1. The molecule has 1 aliphatic heterocycles. The minimum atomic E-state index is -0.897. The van der Waals surface area contributed by atoms with Gasteiger partial charge in [-0.1, -0.05) is 6.92 Å². The van der Waals surface area contributed by atoms with E-state index in [1.54, 1.807) is 0 Å². The van der Waals surface area contributed by atoms with Crippen LogP contribution in [0.15, 0.2) is 0 Å². The van der Waals surface area contributed by atoms with Gasteiger partial charge in [-0.3, -0.25) is 4.90 Å². The molecule has 0 bridgehead atoms. The molecule has 1 aliphatic rings. The quantitative estimate of drug-likeness (QED) is 0.659. The Hall–Kier alpha value is -0.610. The number of likely N-dealkylation sites (N-methyl/N-ethyl adjacent to an activating group) is 1. The molecule has 12 heavy (non-hydrogen) atoms. The summed E-state index contributed by atoms with van der Waals surface area (Å²) in [6.07, 6.45) is 0. The van der Waals surface area contributed by atoms with Crippen LogP contribution < -0.4 is 0 Å². The first kappa shape index (κ1) is 9.48. The van der Waals surface area contributed by atoms with E-state index in [0.717, 1.165) is 19.6 Å². The lowest BCUT2D eigenvalue weighted by atomic mass is 9.97. The fourth-order valence-corrected chi connectivity index (χ4v) is 1.45. The molecule has 1 saturated heterocycles. The average molecular weight is 173 g/mol. The number of nitrogens with zero attached hydrogens (tertiary/aromatic N) is 1. The van der Waals surface area contributed by atoms with E-state index in [2.05, 4.69) is 11.8 Å². The third-order valence-electron chi connectivity index (χ3n) is 2.11. The predicted octanol–water partition coefficient (Wildman–Crippen LogP) is 0.182. The van der Waals surface area contributed by atoms with Gasteiger partial charge in [0.05, 0.1) is 5.60 Å². The highest BCUT2D eigenvalue weighted by molar-refractivity contribution is 5.68. The lowest BCUT2D eigenvalue weighted by Gasteiger charge is -2.46. The molecule has 0 radical (unpaired) electrons. The van der Waals surface area contributed by atoms with E-state index in [1.165, 1.54) is 0 Å². The van der Waals surface area contributed by atoms with Gasteiger partial charge in [0.15, 0.2) is 0 Å². The second-order valence-corrected chi connectivity index (χ2v) is 3.44. The maximum absolute atomic E-state index is 10.2. The monoisotopic (exact) mass is 173 g/mol. The van der Waals surface area contributed by atoms with Crippen molar-refractivity contribution in [1.82, 2.24) is 4.90 Å². The summed E-state index contributed by atoms with van der Waals surface area (Å²) < 4.78 is 5.22. The number of ether oxygens (including phenoxy) is 1. The number of hydrogen-bond acceptors (Lipinski definition) is 3. The van der Waals surface area contributed by atoms with Crippen molar-refractivity contribution in [3.63, 3.8) is 0 Å². The van der Waals surface area contributed by atoms with Crippen LogP contribution in [0, 0.1) is 0 Å². The molecule has 0 aromatic heterocycles. The molecule has 0 aliphatic carbocycles. The number of carboxylic acids is 1. The summed E-state index contributed by atoms with van der Waals surface area (Å²) >= 11 is 0. The van der Waals surface area contributed by atoms with Crippen molar-refractivity contribution in [2.45, 2.75) is 19.4 Å². The molecule has 0 aromatic rings. The molecule has 4 nitrogen and oxygen atoms in total. The van der Waals surface area contributed by atoms with Crippen LogP contribution in [-0.2, 0) is 9.53 Å². The summed E-state index contributed by atoms with van der Waals surface area (Å²) in [4.78, 5) is 12.4. The van der Waals surface area contributed by atoms with Crippen LogP contribution in [0.1, 0.15) is 13.8 Å². The SMILES string of the molecule is CCN1CC(C)(OCC(=O)O)C1. The Kier molecular flexibility index (Phi) is 2.69. The average Bonchev–Trinajstić information content (AvgIpc) is 1.95. The van der Waals surface area contributed by atoms with E-state index in [-0.39, 0.29) is 12.2 Å². The first-order chi connectivity index (χ1) is 5.56. The van der Waals surface area contributed by atoms with Crippen molar-refractivity contribution in [2.24, 2.45) is 0 Å². The van der Waals surface area contributed by atoms with Gasteiger partial charge < -0.3 is 9.84 Å². The summed E-state index contributed by atoms with van der Waals surface area (Å²) in [6.45, 7) is 6.53. The largest absolute Gasteiger partial charge is 0.480 e. The molecule has 1 fully saturated rings. The fourth-order valence-electron chi connectivity index (χ4n) is 1.45. The highest BCUT2D eigenvalue weighted by Crippen LogP contribution is 2.23. The summed E-state index contributed by atoms with van der Waals surface area (Å²) in [7, 11) is 0. The molecule has 0 unspecified atom stereocenters. The molecule has 4 heteroatoms. The lowest BCUT2D eigenvalue weighted by Crippen LogP contribution is -2.61. The molecular formula is C8H15NO3. The number of rotatable bonds is 4. The zero-order chi connectivity index (χ0) is 9.19. The number of likely N-dealkylation sites (tertiary alicyclic amines) is 1. The minimum absolute atomic E-state index is 0.186. The van der Waals surface area contributed by atoms with Crippen molar-refractivity contribution >= 4 is 5.97 Å². The number of carboxylic acid groups (broad SMARTS) is 1. The second kappa shape index (κ2) is 3.41. The molecule has 0 aromatic carbocycles. The van der Waals surface area contributed by atoms with E-state index in [0.29, 0.717) is 0 Å². The van der Waals surface area contributed by atoms with Gasteiger partial charge in [0, 0.05) is 13.1 Å². The van der Waals surface area contributed by atoms with E-state index in [9.17, 15) is 4.79 Å². The van der Waals surface area contributed by atoms with Gasteiger partial charge in [-0.25, -0.2) is 4.79 Å². The van der Waals surface area contributed by atoms with Gasteiger partial charge in [0.2, 0.25) is 0 Å². The Bertz CT molecular complexity index is 175. The van der Waals surface area contributed by atoms with Crippen LogP contribution in [-0.4, -0.2) is 47.8 Å². The molecule has 0 amide bonds. The van der Waals surface area contributed by atoms with Crippen molar-refractivity contribution in [1.29, 1.82) is 0 Å². The topological polar surface area (TPSA) is 49.8 Å². The predicted molar refractivity (Wildman–Crippen MR) is 44.1 cm³/mol. The molecular weight excluding hydrogens is 158 g/mol. The van der Waals surface area contributed by atoms with Crippen LogP contribution in [0.3, 0.4) is 0 Å². The Morgan fingerprint density at radius 3 is 2.67 bits per heavy atom. The van der Waals surface area contributed by atoms with Gasteiger partial charge in [-0.05, 0) is 13.5 Å². The number of hydrogen-bond donors (Lipinski definition) is 1. The van der Waals surface area contributed by atoms with E-state index >= 15 is 0 Å². The fraction of sp³-hybridized carbons (Fsp3) is 0.875. The number of aliphatic carboxylic acids is 1. The van der Waals surface area contributed by atoms with Crippen LogP contribution in [0.5, 0.6) is 0 Å². The smallest absolute Gasteiger partial charge is 0.329 e. The molecule has 0 atom stereocenters. The van der Waals surface area contributed by atoms with Crippen LogP contribution in [0.25, 0.3) is 0 Å². The van der Waals surface area contributed by atoms with Gasteiger partial charge in [0.25, 0.3) is 0 Å². The lowest BCUT2D eigenvalue weighted by molar-refractivity contribution is -0.164. The van der Waals surface area contributed by atoms with Crippen LogP contribution in [0.2, 0.25) is 0 Å². The van der Waals surface area contributed by atoms with Crippen LogP contribution >= 0.6 is 0 Å². The molecule has 1 heterocycles. The third-order valence-corrected chi connectivity index (χ3v) is 2.11. The summed E-state index contributed by atoms with van der Waals surface area (Å²) in [5.41, 5.74) is -0.228. The molecule has 1 N–H and O–H groups in total. The second-order valence-electron chi connectivity index (χ2n) is 3.44. The van der Waals surface area contributed by atoms with Gasteiger partial charge in [0.1, 0.15) is 6.61 Å². The maximum atomic E-state index is 10.2. The summed E-state index contributed by atoms with van der Waals surface area (Å²) in [5, 5.41) is 8.38. The Morgan fingerprint density at radius 1 is 1.67 bits per heavy atom. The van der Waals surface area contributed by atoms with Crippen molar-refractivity contribution in [3.8, 4) is 0 Å². The summed E-state index contributed by atoms with van der Waals surface area (Å²) in [5.74, 6) is -0.897. The van der Waals surface area contributed by atoms with Crippen molar-refractivity contribution in [2.75, 3.05) is 26.2 Å². The summed E-state index contributed by atoms with van der Waals surface area (Å²) in [6, 6.07) is 0. The molecule has 70 valence electrons. The maximum Gasteiger partial charge on any atom is 0.329 e. The van der Waals surface area contributed by atoms with Crippen LogP contribution in [0.4, 0.5) is 0 Å². The Labute approximate surface area is 72.1 Å². The van der Waals surface area contributed by atoms with E-state index in [4.69, 9.17) is 9.84 Å². The first-order valence-corrected chi connectivity index (χ1v) is 4.14. The highest BCUT2D eigenvalue weighted by Gasteiger charge is 2.38. The third kappa shape index (κ3) is 2.19. The Morgan fingerprint density at radius 2 is 2.25 bits per heavy atom. The van der Waals surface area contributed by atoms with Gasteiger partial charge >= 0.3 is 5.97 Å². The normalized spacial score (nSPS) is 21.8. The van der Waals surface area contributed by atoms with Crippen molar-refractivity contribution < 1.29 is 14.6 Å². The van der Waals surface area contributed by atoms with E-state index < -0.39 is 5.97 Å². The Balaban J connectivity index is 2.21. The molecule has 1 rings (SSSR count). The standard InChI is InChI=1S/C8H15NO3/c1-3-9-5-8(2,6-9)12-4-7(10)11/h3-6H2,1-2H3,(H,10,11). The van der Waals surface area contributed by atoms with E-state index in [1.807, 2.05) is 6.92 Å². The highest BCUT2D eigenvalue weighted by atomic mass is 16.5. The van der Waals surface area contributed by atoms with Gasteiger partial charge in [-0.15, -0.1) is 0 Å². The zero-order valence-corrected chi connectivity index (χ0v) is 7.54. The van der Waals surface area contributed by atoms with Gasteiger partial charge in [-0.2, -0.15) is 0 Å². The van der Waals surface area contributed by atoms with Crippen molar-refractivity contribution in [3.05, 3.63) is 0 Å². The first-order valence-electron chi connectivity index (χ1n) is 4.14. The zero-order valence-electron chi connectivity index (χ0n) is 7.54. The minimum Gasteiger partial charge on any atom is -0.480 e.